The number of hydrogen-bond acceptors (Lipinski definition) is 3. The Morgan fingerprint density at radius 2 is 1.94 bits per heavy atom. The lowest BCUT2D eigenvalue weighted by Gasteiger charge is -2.12. The van der Waals surface area contributed by atoms with Crippen LogP contribution in [0.1, 0.15) is 38.2 Å². The maximum atomic E-state index is 5.75. The van der Waals surface area contributed by atoms with Crippen molar-refractivity contribution in [1.29, 1.82) is 0 Å². The van der Waals surface area contributed by atoms with E-state index in [-0.39, 0.29) is 0 Å². The molecular formula is C15H25NO2. The summed E-state index contributed by atoms with van der Waals surface area (Å²) < 4.78 is 11.1. The van der Waals surface area contributed by atoms with Crippen molar-refractivity contribution in [1.82, 2.24) is 0 Å². The van der Waals surface area contributed by atoms with E-state index >= 15 is 0 Å². The number of hydrogen-bond donors (Lipinski definition) is 1. The highest BCUT2D eigenvalue weighted by molar-refractivity contribution is 5.43. The first-order valence-electron chi connectivity index (χ1n) is 6.81. The predicted molar refractivity (Wildman–Crippen MR) is 75.4 cm³/mol. The second-order valence-corrected chi connectivity index (χ2v) is 4.43. The summed E-state index contributed by atoms with van der Waals surface area (Å²) in [5.41, 5.74) is 6.73. The van der Waals surface area contributed by atoms with Crippen LogP contribution in [0.3, 0.4) is 0 Å². The van der Waals surface area contributed by atoms with Crippen LogP contribution in [0, 0.1) is 0 Å². The normalized spacial score (nSPS) is 10.4. The summed E-state index contributed by atoms with van der Waals surface area (Å²) in [4.78, 5) is 0. The Kier molecular flexibility index (Phi) is 7.26. The molecule has 2 N–H and O–H groups in total. The van der Waals surface area contributed by atoms with Gasteiger partial charge in [-0.05, 0) is 37.1 Å². The molecule has 0 aliphatic heterocycles. The van der Waals surface area contributed by atoms with Gasteiger partial charge in [0.25, 0.3) is 0 Å². The van der Waals surface area contributed by atoms with E-state index in [1.165, 1.54) is 24.8 Å². The summed E-state index contributed by atoms with van der Waals surface area (Å²) in [6.45, 7) is 3.62. The van der Waals surface area contributed by atoms with E-state index in [1.807, 2.05) is 12.1 Å². The maximum Gasteiger partial charge on any atom is 0.161 e. The van der Waals surface area contributed by atoms with E-state index in [9.17, 15) is 0 Å². The molecule has 1 aromatic rings. The number of methoxy groups -OCH3 is 1. The smallest absolute Gasteiger partial charge is 0.161 e. The molecule has 0 unspecified atom stereocenters. The molecule has 1 aromatic carbocycles. The highest BCUT2D eigenvalue weighted by Gasteiger charge is 2.05. The Balaban J connectivity index is 2.48. The van der Waals surface area contributed by atoms with Gasteiger partial charge in [0.1, 0.15) is 0 Å². The fourth-order valence-corrected chi connectivity index (χ4v) is 1.86. The van der Waals surface area contributed by atoms with Gasteiger partial charge in [-0.25, -0.2) is 0 Å². The third kappa shape index (κ3) is 4.96. The molecule has 1 rings (SSSR count). The Morgan fingerprint density at radius 3 is 2.61 bits per heavy atom. The lowest BCUT2D eigenvalue weighted by atomic mass is 10.1. The number of unbranched alkanes of at least 4 members (excludes halogenated alkanes) is 3. The zero-order valence-electron chi connectivity index (χ0n) is 11.6. The van der Waals surface area contributed by atoms with Crippen molar-refractivity contribution in [3.8, 4) is 11.5 Å². The summed E-state index contributed by atoms with van der Waals surface area (Å²) >= 11 is 0. The fraction of sp³-hybridized carbons (Fsp3) is 0.600. The molecule has 0 spiro atoms. The van der Waals surface area contributed by atoms with E-state index in [4.69, 9.17) is 15.2 Å². The van der Waals surface area contributed by atoms with E-state index in [1.54, 1.807) is 7.11 Å². The molecule has 0 saturated heterocycles. The van der Waals surface area contributed by atoms with Gasteiger partial charge >= 0.3 is 0 Å². The number of ether oxygens (including phenoxy) is 2. The Hall–Kier alpha value is -1.22. The van der Waals surface area contributed by atoms with Crippen LogP contribution in [0.15, 0.2) is 18.2 Å². The minimum Gasteiger partial charge on any atom is -0.493 e. The molecule has 0 bridgehead atoms. The third-order valence-corrected chi connectivity index (χ3v) is 2.92. The van der Waals surface area contributed by atoms with Crippen LogP contribution in [0.4, 0.5) is 0 Å². The standard InChI is InChI=1S/C15H25NO2/c1-3-4-5-6-11-18-14-8-7-13(9-10-16)12-15(14)17-2/h7-8,12H,3-6,9-11,16H2,1-2H3. The SMILES string of the molecule is CCCCCCOc1ccc(CCN)cc1OC. The molecule has 0 radical (unpaired) electrons. The first-order valence-corrected chi connectivity index (χ1v) is 6.81. The second kappa shape index (κ2) is 8.81. The van der Waals surface area contributed by atoms with Crippen LogP contribution in [0.5, 0.6) is 11.5 Å². The molecule has 3 heteroatoms. The minimum atomic E-state index is 0.653. The summed E-state index contributed by atoms with van der Waals surface area (Å²) in [6, 6.07) is 6.04. The fourth-order valence-electron chi connectivity index (χ4n) is 1.86. The molecule has 0 heterocycles. The van der Waals surface area contributed by atoms with E-state index in [2.05, 4.69) is 13.0 Å². The topological polar surface area (TPSA) is 44.5 Å². The zero-order chi connectivity index (χ0) is 13.2. The average molecular weight is 251 g/mol. The Labute approximate surface area is 110 Å². The molecule has 0 aliphatic carbocycles. The average Bonchev–Trinajstić information content (AvgIpc) is 2.40. The number of benzene rings is 1. The molecular weight excluding hydrogens is 226 g/mol. The van der Waals surface area contributed by atoms with Crippen molar-refractivity contribution < 1.29 is 9.47 Å². The van der Waals surface area contributed by atoms with E-state index in [0.29, 0.717) is 6.54 Å². The van der Waals surface area contributed by atoms with Crippen LogP contribution < -0.4 is 15.2 Å². The molecule has 18 heavy (non-hydrogen) atoms. The molecule has 0 saturated carbocycles. The van der Waals surface area contributed by atoms with Crippen LogP contribution in [0.25, 0.3) is 0 Å². The molecule has 0 aliphatic rings. The van der Waals surface area contributed by atoms with Crippen molar-refractivity contribution >= 4 is 0 Å². The summed E-state index contributed by atoms with van der Waals surface area (Å²) in [6.07, 6.45) is 5.71. The van der Waals surface area contributed by atoms with Gasteiger partial charge in [0, 0.05) is 0 Å². The van der Waals surface area contributed by atoms with Gasteiger partial charge in [0.2, 0.25) is 0 Å². The quantitative estimate of drug-likeness (QED) is 0.686. The van der Waals surface area contributed by atoms with Crippen LogP contribution in [0.2, 0.25) is 0 Å². The third-order valence-electron chi connectivity index (χ3n) is 2.92. The summed E-state index contributed by atoms with van der Waals surface area (Å²) in [5.74, 6) is 1.63. The van der Waals surface area contributed by atoms with Gasteiger partial charge in [-0.1, -0.05) is 32.3 Å². The van der Waals surface area contributed by atoms with Gasteiger partial charge in [-0.15, -0.1) is 0 Å². The largest absolute Gasteiger partial charge is 0.493 e. The van der Waals surface area contributed by atoms with Crippen LogP contribution >= 0.6 is 0 Å². The van der Waals surface area contributed by atoms with Gasteiger partial charge in [-0.3, -0.25) is 0 Å². The minimum absolute atomic E-state index is 0.653. The number of rotatable bonds is 9. The zero-order valence-corrected chi connectivity index (χ0v) is 11.6. The Morgan fingerprint density at radius 1 is 1.11 bits per heavy atom. The van der Waals surface area contributed by atoms with Gasteiger partial charge in [0.05, 0.1) is 13.7 Å². The van der Waals surface area contributed by atoms with E-state index in [0.717, 1.165) is 30.9 Å². The molecule has 102 valence electrons. The lowest BCUT2D eigenvalue weighted by Crippen LogP contribution is -2.04. The van der Waals surface area contributed by atoms with Crippen molar-refractivity contribution in [3.05, 3.63) is 23.8 Å². The molecule has 0 atom stereocenters. The summed E-state index contributed by atoms with van der Waals surface area (Å²) in [5, 5.41) is 0. The highest BCUT2D eigenvalue weighted by Crippen LogP contribution is 2.28. The molecule has 0 amide bonds. The second-order valence-electron chi connectivity index (χ2n) is 4.43. The molecule has 0 aromatic heterocycles. The van der Waals surface area contributed by atoms with Crippen molar-refractivity contribution in [3.63, 3.8) is 0 Å². The first kappa shape index (κ1) is 14.8. The van der Waals surface area contributed by atoms with E-state index < -0.39 is 0 Å². The summed E-state index contributed by atoms with van der Waals surface area (Å²) in [7, 11) is 1.67. The maximum absolute atomic E-state index is 5.75. The van der Waals surface area contributed by atoms with Crippen LogP contribution in [-0.4, -0.2) is 20.3 Å². The highest BCUT2D eigenvalue weighted by atomic mass is 16.5. The molecule has 0 fully saturated rings. The van der Waals surface area contributed by atoms with Crippen molar-refractivity contribution in [2.45, 2.75) is 39.0 Å². The van der Waals surface area contributed by atoms with Crippen molar-refractivity contribution in [2.75, 3.05) is 20.3 Å². The molecule has 3 nitrogen and oxygen atoms in total. The lowest BCUT2D eigenvalue weighted by molar-refractivity contribution is 0.285. The van der Waals surface area contributed by atoms with Crippen LogP contribution in [-0.2, 0) is 6.42 Å². The number of nitrogens with two attached hydrogens (primary N) is 1. The Bertz CT molecular complexity index is 339. The van der Waals surface area contributed by atoms with Gasteiger partial charge in [0.15, 0.2) is 11.5 Å². The van der Waals surface area contributed by atoms with Gasteiger partial charge < -0.3 is 15.2 Å². The predicted octanol–water partition coefficient (Wildman–Crippen LogP) is 3.16. The van der Waals surface area contributed by atoms with Gasteiger partial charge in [-0.2, -0.15) is 0 Å². The van der Waals surface area contributed by atoms with Crippen molar-refractivity contribution in [2.24, 2.45) is 5.73 Å². The monoisotopic (exact) mass is 251 g/mol. The first-order chi connectivity index (χ1) is 8.81.